The van der Waals surface area contributed by atoms with Crippen LogP contribution < -0.4 is 11.1 Å². The lowest BCUT2D eigenvalue weighted by molar-refractivity contribution is -0.184. The minimum Gasteiger partial charge on any atom is -0.393 e. The molecule has 0 radical (unpaired) electrons. The predicted molar refractivity (Wildman–Crippen MR) is 75.1 cm³/mol. The lowest BCUT2D eigenvalue weighted by atomic mass is 9.81. The molecule has 1 aliphatic carbocycles. The first-order valence-electron chi connectivity index (χ1n) is 6.89. The summed E-state index contributed by atoms with van der Waals surface area (Å²) in [5, 5.41) is 2.83. The maximum atomic E-state index is 12.5. The van der Waals surface area contributed by atoms with Crippen molar-refractivity contribution in [3.05, 3.63) is 0 Å². The molecule has 0 heterocycles. The molecule has 0 aliphatic heterocycles. The molecule has 0 saturated heterocycles. The van der Waals surface area contributed by atoms with E-state index in [2.05, 4.69) is 5.32 Å². The smallest absolute Gasteiger partial charge is 0.391 e. The Morgan fingerprint density at radius 2 is 1.90 bits per heavy atom. The van der Waals surface area contributed by atoms with E-state index in [9.17, 15) is 18.0 Å². The number of nitrogens with one attached hydrogen (secondary N) is 1. The zero-order valence-corrected chi connectivity index (χ0v) is 12.3. The number of hydrogen-bond donors (Lipinski definition) is 2. The summed E-state index contributed by atoms with van der Waals surface area (Å²) < 4.78 is 37.6. The van der Waals surface area contributed by atoms with Crippen molar-refractivity contribution in [3.63, 3.8) is 0 Å². The van der Waals surface area contributed by atoms with E-state index in [-0.39, 0.29) is 30.7 Å². The van der Waals surface area contributed by atoms with Crippen molar-refractivity contribution in [3.8, 4) is 0 Å². The molecule has 1 unspecified atom stereocenters. The zero-order chi connectivity index (χ0) is 15.3. The summed E-state index contributed by atoms with van der Waals surface area (Å²) in [5.41, 5.74) is 5.44. The van der Waals surface area contributed by atoms with Crippen LogP contribution in [0, 0.1) is 11.8 Å². The number of carbonyl (C=O) groups is 1. The molecule has 1 rings (SSSR count). The SMILES string of the molecule is CCC(CC(N)=S)NC(=O)C1CCC(C(F)(F)F)CC1. The molecule has 1 aliphatic rings. The lowest BCUT2D eigenvalue weighted by Crippen LogP contribution is -2.42. The molecule has 1 atom stereocenters. The van der Waals surface area contributed by atoms with Gasteiger partial charge in [0, 0.05) is 18.4 Å². The highest BCUT2D eigenvalue weighted by atomic mass is 32.1. The van der Waals surface area contributed by atoms with Crippen molar-refractivity contribution in [2.75, 3.05) is 0 Å². The number of nitrogens with two attached hydrogens (primary N) is 1. The quantitative estimate of drug-likeness (QED) is 0.768. The van der Waals surface area contributed by atoms with Gasteiger partial charge in [-0.15, -0.1) is 0 Å². The van der Waals surface area contributed by atoms with Crippen molar-refractivity contribution in [1.82, 2.24) is 5.32 Å². The molecule has 7 heteroatoms. The van der Waals surface area contributed by atoms with Crippen LogP contribution in [0.15, 0.2) is 0 Å². The maximum absolute atomic E-state index is 12.5. The van der Waals surface area contributed by atoms with Crippen LogP contribution in [0.3, 0.4) is 0 Å². The van der Waals surface area contributed by atoms with E-state index in [1.807, 2.05) is 6.92 Å². The van der Waals surface area contributed by atoms with Crippen molar-refractivity contribution in [2.45, 2.75) is 57.7 Å². The molecule has 0 aromatic heterocycles. The van der Waals surface area contributed by atoms with Crippen LogP contribution in [0.25, 0.3) is 0 Å². The van der Waals surface area contributed by atoms with Crippen LogP contribution in [0.2, 0.25) is 0 Å². The highest BCUT2D eigenvalue weighted by Gasteiger charge is 2.42. The van der Waals surface area contributed by atoms with Crippen molar-refractivity contribution in [1.29, 1.82) is 0 Å². The van der Waals surface area contributed by atoms with Crippen LogP contribution in [0.4, 0.5) is 13.2 Å². The van der Waals surface area contributed by atoms with E-state index in [4.69, 9.17) is 18.0 Å². The molecule has 0 bridgehead atoms. The van der Waals surface area contributed by atoms with Gasteiger partial charge in [-0.25, -0.2) is 0 Å². The third kappa shape index (κ3) is 5.26. The van der Waals surface area contributed by atoms with E-state index in [0.29, 0.717) is 30.7 Å². The fourth-order valence-corrected chi connectivity index (χ4v) is 2.74. The topological polar surface area (TPSA) is 55.1 Å². The summed E-state index contributed by atoms with van der Waals surface area (Å²) in [6, 6.07) is -0.125. The average Bonchev–Trinajstić information content (AvgIpc) is 2.36. The number of amides is 1. The Kier molecular flexibility index (Phi) is 6.23. The minimum absolute atomic E-state index is 0.0354. The first kappa shape index (κ1) is 17.2. The first-order valence-corrected chi connectivity index (χ1v) is 7.30. The normalized spacial score (nSPS) is 25.0. The Labute approximate surface area is 122 Å². The molecule has 0 aromatic carbocycles. The number of alkyl halides is 3. The molecule has 116 valence electrons. The van der Waals surface area contributed by atoms with E-state index in [0.717, 1.165) is 0 Å². The average molecular weight is 310 g/mol. The van der Waals surface area contributed by atoms with E-state index in [1.54, 1.807) is 0 Å². The van der Waals surface area contributed by atoms with Gasteiger partial charge in [0.05, 0.1) is 10.9 Å². The predicted octanol–water partition coefficient (Wildman–Crippen LogP) is 2.93. The molecular weight excluding hydrogens is 289 g/mol. The monoisotopic (exact) mass is 310 g/mol. The largest absolute Gasteiger partial charge is 0.393 e. The van der Waals surface area contributed by atoms with E-state index in [1.165, 1.54) is 0 Å². The van der Waals surface area contributed by atoms with Crippen LogP contribution >= 0.6 is 12.2 Å². The highest BCUT2D eigenvalue weighted by Crippen LogP contribution is 2.39. The van der Waals surface area contributed by atoms with E-state index >= 15 is 0 Å². The third-order valence-electron chi connectivity index (χ3n) is 3.85. The number of halogens is 3. The molecule has 0 spiro atoms. The first-order chi connectivity index (χ1) is 9.24. The van der Waals surface area contributed by atoms with Crippen LogP contribution in [0.5, 0.6) is 0 Å². The molecule has 1 saturated carbocycles. The van der Waals surface area contributed by atoms with Gasteiger partial charge in [-0.2, -0.15) is 13.2 Å². The Morgan fingerprint density at radius 1 is 1.35 bits per heavy atom. The van der Waals surface area contributed by atoms with Gasteiger partial charge < -0.3 is 11.1 Å². The van der Waals surface area contributed by atoms with Crippen LogP contribution in [-0.2, 0) is 4.79 Å². The molecule has 1 amide bonds. The second-order valence-electron chi connectivity index (χ2n) is 5.37. The van der Waals surface area contributed by atoms with Gasteiger partial charge >= 0.3 is 6.18 Å². The third-order valence-corrected chi connectivity index (χ3v) is 4.01. The van der Waals surface area contributed by atoms with Crippen molar-refractivity contribution < 1.29 is 18.0 Å². The molecular formula is C13H21F3N2OS. The van der Waals surface area contributed by atoms with E-state index < -0.39 is 12.1 Å². The van der Waals surface area contributed by atoms with Gasteiger partial charge in [-0.3, -0.25) is 4.79 Å². The summed E-state index contributed by atoms with van der Waals surface area (Å²) in [5.74, 6) is -1.76. The summed E-state index contributed by atoms with van der Waals surface area (Å²) in [6.45, 7) is 1.91. The fraction of sp³-hybridized carbons (Fsp3) is 0.846. The Balaban J connectivity index is 2.44. The lowest BCUT2D eigenvalue weighted by Gasteiger charge is -2.30. The van der Waals surface area contributed by atoms with Gasteiger partial charge in [0.1, 0.15) is 0 Å². The van der Waals surface area contributed by atoms with Crippen LogP contribution in [-0.4, -0.2) is 23.1 Å². The highest BCUT2D eigenvalue weighted by molar-refractivity contribution is 7.80. The van der Waals surface area contributed by atoms with Crippen molar-refractivity contribution >= 4 is 23.1 Å². The Bertz CT molecular complexity index is 352. The molecule has 3 nitrogen and oxygen atoms in total. The number of carbonyl (C=O) groups excluding carboxylic acids is 1. The number of rotatable bonds is 5. The molecule has 1 fully saturated rings. The summed E-state index contributed by atoms with van der Waals surface area (Å²) in [7, 11) is 0. The number of hydrogen-bond acceptors (Lipinski definition) is 2. The number of thiocarbonyl (C=S) groups is 1. The Morgan fingerprint density at radius 3 is 2.30 bits per heavy atom. The summed E-state index contributed by atoms with van der Waals surface area (Å²) >= 11 is 4.81. The minimum atomic E-state index is -4.14. The van der Waals surface area contributed by atoms with Gasteiger partial charge in [0.25, 0.3) is 0 Å². The van der Waals surface area contributed by atoms with Gasteiger partial charge in [0.2, 0.25) is 5.91 Å². The summed E-state index contributed by atoms with van der Waals surface area (Å²) in [4.78, 5) is 12.4. The Hall–Kier alpha value is -0.850. The maximum Gasteiger partial charge on any atom is 0.391 e. The molecule has 0 aromatic rings. The van der Waals surface area contributed by atoms with Gasteiger partial charge in [-0.05, 0) is 32.1 Å². The molecule has 20 heavy (non-hydrogen) atoms. The van der Waals surface area contributed by atoms with Gasteiger partial charge in [-0.1, -0.05) is 19.1 Å². The standard InChI is InChI=1S/C13H21F3N2OS/c1-2-10(7-11(17)20)18-12(19)8-3-5-9(6-4-8)13(14,15)16/h8-10H,2-7H2,1H3,(H2,17,20)(H,18,19). The van der Waals surface area contributed by atoms with Gasteiger partial charge in [0.15, 0.2) is 0 Å². The van der Waals surface area contributed by atoms with Crippen molar-refractivity contribution in [2.24, 2.45) is 17.6 Å². The molecule has 3 N–H and O–H groups in total. The van der Waals surface area contributed by atoms with Crippen LogP contribution in [0.1, 0.15) is 45.4 Å². The zero-order valence-electron chi connectivity index (χ0n) is 11.5. The second kappa shape index (κ2) is 7.24. The second-order valence-corrected chi connectivity index (χ2v) is 5.90. The summed E-state index contributed by atoms with van der Waals surface area (Å²) in [6.07, 6.45) is -2.37. The fourth-order valence-electron chi connectivity index (χ4n) is 2.54.